The predicted molar refractivity (Wildman–Crippen MR) is 98.3 cm³/mol. The maximum Gasteiger partial charge on any atom is 0.317 e. The van der Waals surface area contributed by atoms with E-state index in [0.29, 0.717) is 32.5 Å². The minimum absolute atomic E-state index is 0.0288. The molecule has 2 aliphatic heterocycles. The molecule has 2 N–H and O–H groups in total. The first kappa shape index (κ1) is 17.1. The largest absolute Gasteiger partial charge is 0.340 e. The van der Waals surface area contributed by atoms with Gasteiger partial charge in [-0.2, -0.15) is 0 Å². The van der Waals surface area contributed by atoms with E-state index in [1.54, 1.807) is 4.90 Å². The maximum absolute atomic E-state index is 12.4. The van der Waals surface area contributed by atoms with E-state index in [1.807, 2.05) is 30.3 Å². The van der Waals surface area contributed by atoms with Gasteiger partial charge in [-0.25, -0.2) is 18.2 Å². The van der Waals surface area contributed by atoms with Crippen molar-refractivity contribution in [1.29, 1.82) is 0 Å². The van der Waals surface area contributed by atoms with Crippen LogP contribution in [-0.2, 0) is 22.8 Å². The van der Waals surface area contributed by atoms with Crippen LogP contribution in [0, 0.1) is 5.92 Å². The Hall–Kier alpha value is -2.35. The second-order valence-corrected chi connectivity index (χ2v) is 9.23. The second kappa shape index (κ2) is 6.75. The van der Waals surface area contributed by atoms with E-state index in [1.165, 1.54) is 0 Å². The van der Waals surface area contributed by atoms with Crippen LogP contribution in [0.1, 0.15) is 17.8 Å². The lowest BCUT2D eigenvalue weighted by Crippen LogP contribution is -2.44. The SMILES string of the molecule is O=C(NCC1CCS(=O)(=O)C1)N1CCc2nc(-c3ccccc3)[nH]c2C1. The molecular weight excluding hydrogens is 352 g/mol. The molecule has 0 radical (unpaired) electrons. The first-order valence-corrected chi connectivity index (χ1v) is 10.7. The second-order valence-electron chi connectivity index (χ2n) is 7.00. The van der Waals surface area contributed by atoms with Gasteiger partial charge in [-0.05, 0) is 12.3 Å². The lowest BCUT2D eigenvalue weighted by molar-refractivity contribution is 0.190. The molecule has 138 valence electrons. The number of amides is 2. The highest BCUT2D eigenvalue weighted by Gasteiger charge is 2.29. The Kier molecular flexibility index (Phi) is 4.44. The standard InChI is InChI=1S/C18H22N4O3S/c23-18(19-10-13-7-9-26(24,25)12-13)22-8-6-15-16(11-22)21-17(20-15)14-4-2-1-3-5-14/h1-5,13H,6-12H2,(H,19,23)(H,20,21). The predicted octanol–water partition coefficient (Wildman–Crippen LogP) is 1.58. The molecule has 1 aromatic carbocycles. The van der Waals surface area contributed by atoms with Crippen LogP contribution in [-0.4, -0.2) is 53.9 Å². The van der Waals surface area contributed by atoms with E-state index in [0.717, 1.165) is 22.8 Å². The van der Waals surface area contributed by atoms with Gasteiger partial charge in [-0.3, -0.25) is 0 Å². The van der Waals surface area contributed by atoms with Crippen molar-refractivity contribution in [2.75, 3.05) is 24.6 Å². The van der Waals surface area contributed by atoms with Crippen molar-refractivity contribution in [2.24, 2.45) is 5.92 Å². The van der Waals surface area contributed by atoms with Gasteiger partial charge in [0.15, 0.2) is 9.84 Å². The number of nitrogens with one attached hydrogen (secondary N) is 2. The number of carbonyl (C=O) groups excluding carboxylic acids is 1. The average molecular weight is 374 g/mol. The van der Waals surface area contributed by atoms with Gasteiger partial charge in [-0.15, -0.1) is 0 Å². The van der Waals surface area contributed by atoms with Crippen LogP contribution in [0.25, 0.3) is 11.4 Å². The number of sulfone groups is 1. The van der Waals surface area contributed by atoms with Crippen molar-refractivity contribution in [3.63, 3.8) is 0 Å². The number of rotatable bonds is 3. The quantitative estimate of drug-likeness (QED) is 0.853. The van der Waals surface area contributed by atoms with Gasteiger partial charge in [0, 0.05) is 25.1 Å². The molecule has 0 spiro atoms. The number of H-pyrrole nitrogens is 1. The van der Waals surface area contributed by atoms with Crippen LogP contribution in [0.15, 0.2) is 30.3 Å². The Balaban J connectivity index is 1.37. The van der Waals surface area contributed by atoms with Crippen molar-refractivity contribution in [3.05, 3.63) is 41.7 Å². The van der Waals surface area contributed by atoms with Crippen molar-refractivity contribution in [3.8, 4) is 11.4 Å². The molecule has 0 saturated carbocycles. The van der Waals surface area contributed by atoms with Gasteiger partial charge in [-0.1, -0.05) is 30.3 Å². The zero-order valence-electron chi connectivity index (χ0n) is 14.4. The zero-order valence-corrected chi connectivity index (χ0v) is 15.3. The van der Waals surface area contributed by atoms with Gasteiger partial charge >= 0.3 is 6.03 Å². The number of imidazole rings is 1. The Morgan fingerprint density at radius 1 is 1.31 bits per heavy atom. The Bertz CT molecular complexity index is 908. The molecule has 3 heterocycles. The molecule has 0 aliphatic carbocycles. The van der Waals surface area contributed by atoms with Gasteiger partial charge in [0.05, 0.1) is 29.4 Å². The third-order valence-electron chi connectivity index (χ3n) is 5.04. The summed E-state index contributed by atoms with van der Waals surface area (Å²) in [5.74, 6) is 1.27. The third kappa shape index (κ3) is 3.60. The summed E-state index contributed by atoms with van der Waals surface area (Å²) in [6.07, 6.45) is 1.34. The first-order valence-electron chi connectivity index (χ1n) is 8.86. The van der Waals surface area contributed by atoms with Crippen molar-refractivity contribution in [1.82, 2.24) is 20.2 Å². The van der Waals surface area contributed by atoms with Gasteiger partial charge in [0.2, 0.25) is 0 Å². The summed E-state index contributed by atoms with van der Waals surface area (Å²) >= 11 is 0. The first-order chi connectivity index (χ1) is 12.5. The number of nitrogens with zero attached hydrogens (tertiary/aromatic N) is 2. The lowest BCUT2D eigenvalue weighted by atomic mass is 10.1. The number of aromatic amines is 1. The van der Waals surface area contributed by atoms with Gasteiger partial charge < -0.3 is 15.2 Å². The van der Waals surface area contributed by atoms with Crippen LogP contribution in [0.5, 0.6) is 0 Å². The summed E-state index contributed by atoms with van der Waals surface area (Å²) in [5, 5.41) is 2.89. The summed E-state index contributed by atoms with van der Waals surface area (Å²) in [5.41, 5.74) is 3.00. The number of carbonyl (C=O) groups is 1. The molecular formula is C18H22N4O3S. The fourth-order valence-electron chi connectivity index (χ4n) is 3.58. The number of hydrogen-bond acceptors (Lipinski definition) is 4. The third-order valence-corrected chi connectivity index (χ3v) is 6.87. The topological polar surface area (TPSA) is 95.2 Å². The highest BCUT2D eigenvalue weighted by Crippen LogP contribution is 2.23. The van der Waals surface area contributed by atoms with E-state index < -0.39 is 9.84 Å². The van der Waals surface area contributed by atoms with Crippen LogP contribution < -0.4 is 5.32 Å². The molecule has 1 saturated heterocycles. The molecule has 4 rings (SSSR count). The summed E-state index contributed by atoms with van der Waals surface area (Å²) < 4.78 is 23.0. The van der Waals surface area contributed by atoms with E-state index in [-0.39, 0.29) is 23.5 Å². The Morgan fingerprint density at radius 2 is 2.12 bits per heavy atom. The van der Waals surface area contributed by atoms with Gasteiger partial charge in [0.25, 0.3) is 0 Å². The number of fused-ring (bicyclic) bond motifs is 1. The van der Waals surface area contributed by atoms with Crippen LogP contribution in [0.3, 0.4) is 0 Å². The van der Waals surface area contributed by atoms with E-state index in [9.17, 15) is 13.2 Å². The summed E-state index contributed by atoms with van der Waals surface area (Å²) in [6, 6.07) is 9.78. The number of benzene rings is 1. The lowest BCUT2D eigenvalue weighted by Gasteiger charge is -2.26. The maximum atomic E-state index is 12.4. The van der Waals surface area contributed by atoms with Gasteiger partial charge in [0.1, 0.15) is 5.82 Å². The molecule has 1 unspecified atom stereocenters. The normalized spacial score (nSPS) is 21.4. The van der Waals surface area contributed by atoms with Crippen molar-refractivity contribution < 1.29 is 13.2 Å². The molecule has 1 aromatic heterocycles. The molecule has 26 heavy (non-hydrogen) atoms. The zero-order chi connectivity index (χ0) is 18.1. The number of aromatic nitrogens is 2. The molecule has 2 amide bonds. The minimum Gasteiger partial charge on any atom is -0.340 e. The van der Waals surface area contributed by atoms with E-state index >= 15 is 0 Å². The van der Waals surface area contributed by atoms with Crippen LogP contribution in [0.2, 0.25) is 0 Å². The van der Waals surface area contributed by atoms with Crippen molar-refractivity contribution in [2.45, 2.75) is 19.4 Å². The monoisotopic (exact) mass is 374 g/mol. The summed E-state index contributed by atoms with van der Waals surface area (Å²) in [7, 11) is -2.91. The number of hydrogen-bond donors (Lipinski definition) is 2. The highest BCUT2D eigenvalue weighted by atomic mass is 32.2. The molecule has 8 heteroatoms. The Labute approximate surface area is 152 Å². The van der Waals surface area contributed by atoms with E-state index in [4.69, 9.17) is 0 Å². The van der Waals surface area contributed by atoms with Crippen LogP contribution >= 0.6 is 0 Å². The number of urea groups is 1. The molecule has 2 aliphatic rings. The minimum atomic E-state index is -2.91. The average Bonchev–Trinajstić information content (AvgIpc) is 3.22. The molecule has 2 aromatic rings. The molecule has 1 fully saturated rings. The van der Waals surface area contributed by atoms with Crippen LogP contribution in [0.4, 0.5) is 4.79 Å². The Morgan fingerprint density at radius 3 is 2.85 bits per heavy atom. The molecule has 7 nitrogen and oxygen atoms in total. The summed E-state index contributed by atoms with van der Waals surface area (Å²) in [6.45, 7) is 1.52. The van der Waals surface area contributed by atoms with E-state index in [2.05, 4.69) is 15.3 Å². The summed E-state index contributed by atoms with van der Waals surface area (Å²) in [4.78, 5) is 22.2. The fourth-order valence-corrected chi connectivity index (χ4v) is 5.44. The fraction of sp³-hybridized carbons (Fsp3) is 0.444. The van der Waals surface area contributed by atoms with Crippen molar-refractivity contribution >= 4 is 15.9 Å². The molecule has 1 atom stereocenters. The smallest absolute Gasteiger partial charge is 0.317 e. The molecule has 0 bridgehead atoms. The highest BCUT2D eigenvalue weighted by molar-refractivity contribution is 7.91.